The number of halogens is 1. The van der Waals surface area contributed by atoms with Crippen molar-refractivity contribution in [2.24, 2.45) is 0 Å². The topological polar surface area (TPSA) is 46.5 Å². The van der Waals surface area contributed by atoms with E-state index in [1.54, 1.807) is 13.8 Å². The van der Waals surface area contributed by atoms with Gasteiger partial charge in [-0.1, -0.05) is 26.7 Å². The van der Waals surface area contributed by atoms with Crippen LogP contribution in [0, 0.1) is 0 Å². The highest BCUT2D eigenvalue weighted by Gasteiger charge is 2.27. The van der Waals surface area contributed by atoms with Crippen LogP contribution in [0.3, 0.4) is 0 Å². The normalized spacial score (nSPS) is 14.1. The molecule has 0 bridgehead atoms. The standard InChI is InChI=1S/C6H11BrO3S2/c1-6(2,7)5(9)10-4(3-8)12-11/h4,8,11H,3H2,1-2H3. The van der Waals surface area contributed by atoms with Gasteiger partial charge in [0, 0.05) is 0 Å². The fraction of sp³-hybridized carbons (Fsp3) is 0.833. The molecular weight excluding hydrogens is 264 g/mol. The van der Waals surface area contributed by atoms with Crippen LogP contribution < -0.4 is 0 Å². The van der Waals surface area contributed by atoms with Gasteiger partial charge in [0.05, 0.1) is 6.61 Å². The van der Waals surface area contributed by atoms with Crippen molar-refractivity contribution in [2.45, 2.75) is 23.6 Å². The van der Waals surface area contributed by atoms with E-state index in [2.05, 4.69) is 27.6 Å². The van der Waals surface area contributed by atoms with E-state index in [0.717, 1.165) is 10.8 Å². The number of aliphatic hydroxyl groups is 1. The van der Waals surface area contributed by atoms with Gasteiger partial charge in [0.25, 0.3) is 0 Å². The molecule has 0 rings (SSSR count). The van der Waals surface area contributed by atoms with Crippen LogP contribution in [0.4, 0.5) is 0 Å². The highest BCUT2D eigenvalue weighted by atomic mass is 79.9. The predicted octanol–water partition coefficient (Wildman–Crippen LogP) is 1.60. The first kappa shape index (κ1) is 12.6. The molecule has 0 aliphatic heterocycles. The molecule has 0 aromatic rings. The Bertz CT molecular complexity index is 153. The summed E-state index contributed by atoms with van der Waals surface area (Å²) in [5.41, 5.74) is -0.599. The molecule has 0 saturated heterocycles. The Morgan fingerprint density at radius 1 is 1.83 bits per heavy atom. The zero-order valence-electron chi connectivity index (χ0n) is 6.78. The molecule has 3 nitrogen and oxygen atoms in total. The number of rotatable bonds is 4. The van der Waals surface area contributed by atoms with Gasteiger partial charge >= 0.3 is 5.97 Å². The number of thiol groups is 1. The smallest absolute Gasteiger partial charge is 0.323 e. The van der Waals surface area contributed by atoms with Crippen LogP contribution in [0.5, 0.6) is 0 Å². The zero-order valence-corrected chi connectivity index (χ0v) is 10.1. The molecule has 72 valence electrons. The quantitative estimate of drug-likeness (QED) is 0.269. The molecule has 0 aromatic heterocycles. The summed E-state index contributed by atoms with van der Waals surface area (Å²) in [5, 5.41) is 8.68. The number of carbonyl (C=O) groups is 1. The lowest BCUT2D eigenvalue weighted by atomic mass is 10.2. The molecule has 0 amide bonds. The van der Waals surface area contributed by atoms with E-state index in [1.807, 2.05) is 0 Å². The monoisotopic (exact) mass is 274 g/mol. The molecule has 0 spiro atoms. The first-order valence-electron chi connectivity index (χ1n) is 3.23. The highest BCUT2D eigenvalue weighted by Crippen LogP contribution is 2.22. The van der Waals surface area contributed by atoms with Gasteiger partial charge < -0.3 is 9.84 Å². The van der Waals surface area contributed by atoms with Crippen molar-refractivity contribution in [3.8, 4) is 0 Å². The maximum atomic E-state index is 11.2. The van der Waals surface area contributed by atoms with Crippen molar-refractivity contribution in [2.75, 3.05) is 6.61 Å². The molecule has 0 fully saturated rings. The SMILES string of the molecule is CC(C)(Br)C(=O)OC(CO)SS. The third kappa shape index (κ3) is 4.59. The third-order valence-corrected chi connectivity index (χ3v) is 2.50. The summed E-state index contributed by atoms with van der Waals surface area (Å²) in [6, 6.07) is 0. The maximum absolute atomic E-state index is 11.2. The zero-order chi connectivity index (χ0) is 9.78. The van der Waals surface area contributed by atoms with Crippen molar-refractivity contribution >= 4 is 44.4 Å². The highest BCUT2D eigenvalue weighted by molar-refractivity contribution is 9.10. The van der Waals surface area contributed by atoms with Crippen molar-refractivity contribution in [3.05, 3.63) is 0 Å². The van der Waals surface area contributed by atoms with Crippen LogP contribution in [-0.2, 0) is 9.53 Å². The molecule has 0 saturated carbocycles. The number of carbonyl (C=O) groups excluding carboxylic acids is 1. The predicted molar refractivity (Wildman–Crippen MR) is 56.5 cm³/mol. The minimum absolute atomic E-state index is 0.233. The molecule has 12 heavy (non-hydrogen) atoms. The Hall–Kier alpha value is 0.610. The number of hydrogen-bond acceptors (Lipinski definition) is 5. The largest absolute Gasteiger partial charge is 0.447 e. The molecule has 0 radical (unpaired) electrons. The molecule has 1 unspecified atom stereocenters. The van der Waals surface area contributed by atoms with Crippen LogP contribution in [0.25, 0.3) is 0 Å². The second-order valence-corrected chi connectivity index (χ2v) is 5.95. The lowest BCUT2D eigenvalue weighted by molar-refractivity contribution is -0.148. The fourth-order valence-corrected chi connectivity index (χ4v) is 0.971. The van der Waals surface area contributed by atoms with Crippen LogP contribution in [0.15, 0.2) is 0 Å². The summed E-state index contributed by atoms with van der Waals surface area (Å²) >= 11 is 6.97. The van der Waals surface area contributed by atoms with E-state index < -0.39 is 15.7 Å². The summed E-state index contributed by atoms with van der Waals surface area (Å²) in [6.07, 6.45) is 0. The van der Waals surface area contributed by atoms with Gasteiger partial charge in [0.1, 0.15) is 4.32 Å². The van der Waals surface area contributed by atoms with Gasteiger partial charge in [0.15, 0.2) is 5.44 Å². The van der Waals surface area contributed by atoms with E-state index in [-0.39, 0.29) is 6.61 Å². The van der Waals surface area contributed by atoms with Crippen LogP contribution in [0.2, 0.25) is 0 Å². The van der Waals surface area contributed by atoms with E-state index in [0.29, 0.717) is 0 Å². The van der Waals surface area contributed by atoms with Gasteiger partial charge in [-0.2, -0.15) is 0 Å². The van der Waals surface area contributed by atoms with Gasteiger partial charge in [-0.25, -0.2) is 0 Å². The Morgan fingerprint density at radius 2 is 2.33 bits per heavy atom. The minimum Gasteiger partial charge on any atom is -0.447 e. The number of ether oxygens (including phenoxy) is 1. The summed E-state index contributed by atoms with van der Waals surface area (Å²) in [6.45, 7) is 3.11. The van der Waals surface area contributed by atoms with Gasteiger partial charge in [-0.15, -0.1) is 11.7 Å². The molecule has 0 aliphatic rings. The summed E-state index contributed by atoms with van der Waals surface area (Å²) in [5.74, 6) is -0.414. The second-order valence-electron chi connectivity index (χ2n) is 2.60. The van der Waals surface area contributed by atoms with Gasteiger partial charge in [-0.3, -0.25) is 4.79 Å². The van der Waals surface area contributed by atoms with Crippen LogP contribution in [0.1, 0.15) is 13.8 Å². The molecule has 0 aromatic carbocycles. The molecular formula is C6H11BrO3S2. The summed E-state index contributed by atoms with van der Waals surface area (Å²) < 4.78 is 4.15. The van der Waals surface area contributed by atoms with Crippen LogP contribution in [-0.4, -0.2) is 27.4 Å². The number of hydrogen-bond donors (Lipinski definition) is 2. The number of aliphatic hydroxyl groups excluding tert-OH is 1. The van der Waals surface area contributed by atoms with E-state index in [9.17, 15) is 4.79 Å². The average Bonchev–Trinajstić information content (AvgIpc) is 1.97. The Kier molecular flexibility index (Phi) is 5.64. The Balaban J connectivity index is 3.99. The number of alkyl halides is 1. The fourth-order valence-electron chi connectivity index (χ4n) is 0.352. The van der Waals surface area contributed by atoms with Crippen LogP contribution >= 0.6 is 38.4 Å². The van der Waals surface area contributed by atoms with Crippen molar-refractivity contribution in [3.63, 3.8) is 0 Å². The Morgan fingerprint density at radius 3 is 2.58 bits per heavy atom. The maximum Gasteiger partial charge on any atom is 0.323 e. The van der Waals surface area contributed by atoms with Gasteiger partial charge in [0.2, 0.25) is 0 Å². The Labute approximate surface area is 89.2 Å². The summed E-state index contributed by atoms with van der Waals surface area (Å²) in [4.78, 5) is 11.2. The molecule has 1 N–H and O–H groups in total. The van der Waals surface area contributed by atoms with E-state index >= 15 is 0 Å². The van der Waals surface area contributed by atoms with Crippen molar-refractivity contribution < 1.29 is 14.6 Å². The first-order valence-corrected chi connectivity index (χ1v) is 5.95. The minimum atomic E-state index is -0.718. The third-order valence-electron chi connectivity index (χ3n) is 0.991. The molecule has 6 heteroatoms. The number of esters is 1. The molecule has 0 heterocycles. The molecule has 0 aliphatic carbocycles. The van der Waals surface area contributed by atoms with Crippen molar-refractivity contribution in [1.82, 2.24) is 0 Å². The average molecular weight is 275 g/mol. The lowest BCUT2D eigenvalue weighted by Gasteiger charge is -2.18. The molecule has 1 atom stereocenters. The lowest BCUT2D eigenvalue weighted by Crippen LogP contribution is -2.30. The van der Waals surface area contributed by atoms with E-state index in [4.69, 9.17) is 9.84 Å². The second kappa shape index (κ2) is 5.36. The summed E-state index contributed by atoms with van der Waals surface area (Å²) in [7, 11) is 0.995. The van der Waals surface area contributed by atoms with E-state index in [1.165, 1.54) is 0 Å². The van der Waals surface area contributed by atoms with Crippen molar-refractivity contribution in [1.29, 1.82) is 0 Å². The first-order chi connectivity index (χ1) is 5.41. The van der Waals surface area contributed by atoms with Gasteiger partial charge in [-0.05, 0) is 13.8 Å².